The van der Waals surface area contributed by atoms with Crippen LogP contribution in [0.4, 0.5) is 5.69 Å². The Kier molecular flexibility index (Phi) is 4.35. The van der Waals surface area contributed by atoms with Gasteiger partial charge in [-0.25, -0.2) is 0 Å². The summed E-state index contributed by atoms with van der Waals surface area (Å²) in [7, 11) is 1.58. The number of ether oxygens (including phenoxy) is 1. The van der Waals surface area contributed by atoms with Crippen molar-refractivity contribution in [3.8, 4) is 5.75 Å². The topological polar surface area (TPSA) is 52.3 Å². The number of Topliss-reactive ketones (excluding diaryl/α,β-unsaturated/α-hetero) is 1. The quantitative estimate of drug-likeness (QED) is 0.614. The van der Waals surface area contributed by atoms with Crippen LogP contribution in [0.5, 0.6) is 5.75 Å². The smallest absolute Gasteiger partial charge is 0.167 e. The Morgan fingerprint density at radius 3 is 2.69 bits per heavy atom. The van der Waals surface area contributed by atoms with Crippen LogP contribution < -0.4 is 10.5 Å². The molecule has 1 rings (SSSR count). The second-order valence-electron chi connectivity index (χ2n) is 4.01. The number of anilines is 1. The number of hydrogen-bond donors (Lipinski definition) is 1. The van der Waals surface area contributed by atoms with Crippen molar-refractivity contribution >= 4 is 11.5 Å². The summed E-state index contributed by atoms with van der Waals surface area (Å²) >= 11 is 0. The van der Waals surface area contributed by atoms with E-state index in [1.54, 1.807) is 25.3 Å². The Bertz CT molecular complexity index is 374. The Morgan fingerprint density at radius 2 is 2.19 bits per heavy atom. The lowest BCUT2D eigenvalue weighted by atomic mass is 9.94. The van der Waals surface area contributed by atoms with Gasteiger partial charge in [0.1, 0.15) is 5.75 Å². The van der Waals surface area contributed by atoms with E-state index >= 15 is 0 Å². The predicted octanol–water partition coefficient (Wildman–Crippen LogP) is 2.90. The van der Waals surface area contributed by atoms with Crippen molar-refractivity contribution in [3.05, 3.63) is 23.8 Å². The van der Waals surface area contributed by atoms with Crippen molar-refractivity contribution in [3.63, 3.8) is 0 Å². The molecule has 0 aliphatic carbocycles. The third-order valence-electron chi connectivity index (χ3n) is 2.69. The molecule has 0 saturated heterocycles. The van der Waals surface area contributed by atoms with Crippen LogP contribution in [0.2, 0.25) is 0 Å². The number of nitrogens with two attached hydrogens (primary N) is 1. The highest BCUT2D eigenvalue weighted by Crippen LogP contribution is 2.23. The van der Waals surface area contributed by atoms with Gasteiger partial charge in [-0.15, -0.1) is 0 Å². The molecule has 1 atom stereocenters. The summed E-state index contributed by atoms with van der Waals surface area (Å²) in [4.78, 5) is 12.0. The highest BCUT2D eigenvalue weighted by molar-refractivity contribution is 6.02. The van der Waals surface area contributed by atoms with Gasteiger partial charge in [-0.05, 0) is 18.6 Å². The molecule has 16 heavy (non-hydrogen) atoms. The van der Waals surface area contributed by atoms with Crippen LogP contribution in [0.1, 0.15) is 37.0 Å². The molecule has 88 valence electrons. The van der Waals surface area contributed by atoms with Crippen molar-refractivity contribution in [2.24, 2.45) is 5.92 Å². The van der Waals surface area contributed by atoms with Gasteiger partial charge < -0.3 is 10.5 Å². The minimum absolute atomic E-state index is 0.0284. The fourth-order valence-electron chi connectivity index (χ4n) is 1.72. The number of ketones is 1. The SMILES string of the molecule is CCCC(C)C(=O)c1ccc(OC)cc1N. The van der Waals surface area contributed by atoms with Crippen molar-refractivity contribution in [2.75, 3.05) is 12.8 Å². The molecule has 1 aromatic rings. The maximum absolute atomic E-state index is 12.0. The van der Waals surface area contributed by atoms with E-state index in [9.17, 15) is 4.79 Å². The largest absolute Gasteiger partial charge is 0.497 e. The first-order chi connectivity index (χ1) is 7.60. The number of carbonyl (C=O) groups is 1. The van der Waals surface area contributed by atoms with Gasteiger partial charge in [0.25, 0.3) is 0 Å². The summed E-state index contributed by atoms with van der Waals surface area (Å²) < 4.78 is 5.05. The Hall–Kier alpha value is -1.51. The Balaban J connectivity index is 2.91. The summed E-state index contributed by atoms with van der Waals surface area (Å²) in [6.45, 7) is 4.01. The van der Waals surface area contributed by atoms with Crippen molar-refractivity contribution in [2.45, 2.75) is 26.7 Å². The first kappa shape index (κ1) is 12.6. The van der Waals surface area contributed by atoms with Gasteiger partial charge in [-0.2, -0.15) is 0 Å². The lowest BCUT2D eigenvalue weighted by molar-refractivity contribution is 0.0924. The zero-order valence-corrected chi connectivity index (χ0v) is 10.1. The number of rotatable bonds is 5. The van der Waals surface area contributed by atoms with Crippen LogP contribution >= 0.6 is 0 Å². The van der Waals surface area contributed by atoms with Crippen LogP contribution in [0.25, 0.3) is 0 Å². The average Bonchev–Trinajstić information content (AvgIpc) is 2.28. The molecule has 0 radical (unpaired) electrons. The second kappa shape index (κ2) is 5.54. The van der Waals surface area contributed by atoms with Gasteiger partial charge in [0.15, 0.2) is 5.78 Å². The van der Waals surface area contributed by atoms with Crippen molar-refractivity contribution < 1.29 is 9.53 Å². The molecule has 0 amide bonds. The first-order valence-corrected chi connectivity index (χ1v) is 5.57. The summed E-state index contributed by atoms with van der Waals surface area (Å²) in [5.41, 5.74) is 6.92. The second-order valence-corrected chi connectivity index (χ2v) is 4.01. The van der Waals surface area contributed by atoms with E-state index in [1.165, 1.54) is 0 Å². The molecule has 0 fully saturated rings. The van der Waals surface area contributed by atoms with Gasteiger partial charge in [-0.1, -0.05) is 20.3 Å². The van der Waals surface area contributed by atoms with Crippen LogP contribution in [0, 0.1) is 5.92 Å². The molecule has 0 saturated carbocycles. The van der Waals surface area contributed by atoms with Crippen molar-refractivity contribution in [1.82, 2.24) is 0 Å². The van der Waals surface area contributed by atoms with Crippen molar-refractivity contribution in [1.29, 1.82) is 0 Å². The molecule has 1 aromatic carbocycles. The molecule has 0 aliphatic rings. The van der Waals surface area contributed by atoms with Gasteiger partial charge in [0, 0.05) is 23.2 Å². The normalized spacial score (nSPS) is 12.2. The highest BCUT2D eigenvalue weighted by atomic mass is 16.5. The first-order valence-electron chi connectivity index (χ1n) is 5.57. The molecular formula is C13H19NO2. The number of hydrogen-bond acceptors (Lipinski definition) is 3. The number of benzene rings is 1. The van der Waals surface area contributed by atoms with E-state index in [4.69, 9.17) is 10.5 Å². The molecule has 0 aromatic heterocycles. The summed E-state index contributed by atoms with van der Waals surface area (Å²) in [6.07, 6.45) is 1.90. The third kappa shape index (κ3) is 2.75. The molecule has 0 spiro atoms. The molecule has 0 bridgehead atoms. The third-order valence-corrected chi connectivity index (χ3v) is 2.69. The maximum atomic E-state index is 12.0. The monoisotopic (exact) mass is 221 g/mol. The number of carbonyl (C=O) groups excluding carboxylic acids is 1. The minimum atomic E-state index is 0.0284. The fourth-order valence-corrected chi connectivity index (χ4v) is 1.72. The van der Waals surface area contributed by atoms with E-state index < -0.39 is 0 Å². The van der Waals surface area contributed by atoms with Gasteiger partial charge in [0.05, 0.1) is 7.11 Å². The van der Waals surface area contributed by atoms with E-state index in [0.29, 0.717) is 17.0 Å². The standard InChI is InChI=1S/C13H19NO2/c1-4-5-9(2)13(15)11-7-6-10(16-3)8-12(11)14/h6-9H,4-5,14H2,1-3H3. The summed E-state index contributed by atoms with van der Waals surface area (Å²) in [5, 5.41) is 0. The average molecular weight is 221 g/mol. The highest BCUT2D eigenvalue weighted by Gasteiger charge is 2.16. The summed E-state index contributed by atoms with van der Waals surface area (Å²) in [6, 6.07) is 5.19. The molecule has 0 aliphatic heterocycles. The Labute approximate surface area is 96.6 Å². The zero-order chi connectivity index (χ0) is 12.1. The van der Waals surface area contributed by atoms with Crippen LogP contribution in [-0.4, -0.2) is 12.9 Å². The molecule has 2 N–H and O–H groups in total. The Morgan fingerprint density at radius 1 is 1.50 bits per heavy atom. The number of nitrogen functional groups attached to an aromatic ring is 1. The maximum Gasteiger partial charge on any atom is 0.167 e. The van der Waals surface area contributed by atoms with Gasteiger partial charge >= 0.3 is 0 Å². The molecule has 3 heteroatoms. The van der Waals surface area contributed by atoms with Crippen LogP contribution in [0.3, 0.4) is 0 Å². The zero-order valence-electron chi connectivity index (χ0n) is 10.1. The lowest BCUT2D eigenvalue weighted by Gasteiger charge is -2.11. The van der Waals surface area contributed by atoms with Gasteiger partial charge in [0.2, 0.25) is 0 Å². The molecular weight excluding hydrogens is 202 g/mol. The predicted molar refractivity (Wildman–Crippen MR) is 65.8 cm³/mol. The van der Waals surface area contributed by atoms with Gasteiger partial charge in [-0.3, -0.25) is 4.79 Å². The fraction of sp³-hybridized carbons (Fsp3) is 0.462. The lowest BCUT2D eigenvalue weighted by Crippen LogP contribution is -2.13. The number of methoxy groups -OCH3 is 1. The van der Waals surface area contributed by atoms with E-state index in [1.807, 2.05) is 6.92 Å². The van der Waals surface area contributed by atoms with Crippen LogP contribution in [-0.2, 0) is 0 Å². The van der Waals surface area contributed by atoms with E-state index in [2.05, 4.69) is 6.92 Å². The molecule has 1 unspecified atom stereocenters. The minimum Gasteiger partial charge on any atom is -0.497 e. The van der Waals surface area contributed by atoms with E-state index in [-0.39, 0.29) is 11.7 Å². The molecule has 0 heterocycles. The molecule has 3 nitrogen and oxygen atoms in total. The van der Waals surface area contributed by atoms with E-state index in [0.717, 1.165) is 12.8 Å². The summed E-state index contributed by atoms with van der Waals surface area (Å²) in [5.74, 6) is 0.819. The van der Waals surface area contributed by atoms with Crippen LogP contribution in [0.15, 0.2) is 18.2 Å².